The molecule has 0 saturated carbocycles. The molecule has 2 rings (SSSR count). The number of benzene rings is 2. The van der Waals surface area contributed by atoms with Crippen molar-refractivity contribution >= 4 is 5.69 Å². The van der Waals surface area contributed by atoms with Gasteiger partial charge in [-0.2, -0.15) is 5.26 Å². The van der Waals surface area contributed by atoms with Crippen LogP contribution in [0.1, 0.15) is 5.56 Å². The first-order chi connectivity index (χ1) is 9.69. The molecule has 3 nitrogen and oxygen atoms in total. The van der Waals surface area contributed by atoms with E-state index in [-0.39, 0.29) is 18.7 Å². The lowest BCUT2D eigenvalue weighted by Crippen LogP contribution is -2.03. The molecular formula is C15H12F2N2O. The normalized spacial score (nSPS) is 9.85. The van der Waals surface area contributed by atoms with Gasteiger partial charge in [0.05, 0.1) is 0 Å². The van der Waals surface area contributed by atoms with E-state index < -0.39 is 11.6 Å². The summed E-state index contributed by atoms with van der Waals surface area (Å²) in [5.74, 6) is -0.402. The summed E-state index contributed by atoms with van der Waals surface area (Å²) in [5, 5.41) is 11.4. The molecule has 0 atom stereocenters. The van der Waals surface area contributed by atoms with Crippen LogP contribution in [0.3, 0.4) is 0 Å². The Hall–Kier alpha value is -2.61. The first-order valence-electron chi connectivity index (χ1n) is 5.96. The van der Waals surface area contributed by atoms with E-state index in [1.54, 1.807) is 24.3 Å². The second-order valence-electron chi connectivity index (χ2n) is 4.06. The van der Waals surface area contributed by atoms with Gasteiger partial charge in [0.15, 0.2) is 6.61 Å². The molecular weight excluding hydrogens is 262 g/mol. The molecule has 0 saturated heterocycles. The molecule has 0 bridgehead atoms. The van der Waals surface area contributed by atoms with Crippen molar-refractivity contribution in [2.24, 2.45) is 0 Å². The molecule has 0 aliphatic rings. The van der Waals surface area contributed by atoms with Crippen molar-refractivity contribution in [1.82, 2.24) is 0 Å². The van der Waals surface area contributed by atoms with Crippen LogP contribution < -0.4 is 10.1 Å². The van der Waals surface area contributed by atoms with Crippen LogP contribution in [0.15, 0.2) is 42.5 Å². The Kier molecular flexibility index (Phi) is 4.51. The highest BCUT2D eigenvalue weighted by atomic mass is 19.1. The van der Waals surface area contributed by atoms with Crippen molar-refractivity contribution in [2.45, 2.75) is 6.54 Å². The lowest BCUT2D eigenvalue weighted by Gasteiger charge is -2.09. The number of nitrogens with zero attached hydrogens (tertiary/aromatic N) is 1. The maximum Gasteiger partial charge on any atom is 0.174 e. The van der Waals surface area contributed by atoms with Crippen molar-refractivity contribution in [3.8, 4) is 11.8 Å². The van der Waals surface area contributed by atoms with Gasteiger partial charge in [-0.3, -0.25) is 0 Å². The molecule has 5 heteroatoms. The molecule has 0 unspecified atom stereocenters. The predicted octanol–water partition coefficient (Wildman–Crippen LogP) is 3.48. The Morgan fingerprint density at radius 3 is 2.80 bits per heavy atom. The Balaban J connectivity index is 2.03. The third-order valence-electron chi connectivity index (χ3n) is 2.63. The van der Waals surface area contributed by atoms with Crippen molar-refractivity contribution < 1.29 is 13.5 Å². The molecule has 0 amide bonds. The molecule has 0 aromatic heterocycles. The number of hydrogen-bond donors (Lipinski definition) is 1. The van der Waals surface area contributed by atoms with Gasteiger partial charge >= 0.3 is 0 Å². The molecule has 0 heterocycles. The molecule has 0 spiro atoms. The number of ether oxygens (including phenoxy) is 1. The minimum Gasteiger partial charge on any atom is -0.479 e. The Labute approximate surface area is 115 Å². The maximum absolute atomic E-state index is 13.5. The highest BCUT2D eigenvalue weighted by molar-refractivity contribution is 5.48. The average molecular weight is 274 g/mol. The standard InChI is InChI=1S/C15H12F2N2O/c16-12-4-5-15(17)11(8-12)10-19-13-2-1-3-14(9-13)20-7-6-18/h1-5,8-9,19H,7,10H2. The number of hydrogen-bond acceptors (Lipinski definition) is 3. The number of halogens is 2. The lowest BCUT2D eigenvalue weighted by molar-refractivity contribution is 0.368. The van der Waals surface area contributed by atoms with Crippen molar-refractivity contribution in [3.63, 3.8) is 0 Å². The van der Waals surface area contributed by atoms with E-state index in [0.29, 0.717) is 11.4 Å². The zero-order valence-corrected chi connectivity index (χ0v) is 10.6. The van der Waals surface area contributed by atoms with Crippen LogP contribution in [0.25, 0.3) is 0 Å². The first-order valence-corrected chi connectivity index (χ1v) is 5.96. The fourth-order valence-electron chi connectivity index (χ4n) is 1.69. The van der Waals surface area contributed by atoms with E-state index >= 15 is 0 Å². The van der Waals surface area contributed by atoms with Gasteiger partial charge < -0.3 is 10.1 Å². The van der Waals surface area contributed by atoms with Crippen LogP contribution in [0, 0.1) is 23.0 Å². The Bertz CT molecular complexity index is 638. The van der Waals surface area contributed by atoms with Gasteiger partial charge in [0, 0.05) is 23.9 Å². The van der Waals surface area contributed by atoms with E-state index in [2.05, 4.69) is 5.32 Å². The van der Waals surface area contributed by atoms with Gasteiger partial charge in [-0.15, -0.1) is 0 Å². The molecule has 2 aromatic carbocycles. The minimum absolute atomic E-state index is 0.0397. The van der Waals surface area contributed by atoms with Gasteiger partial charge in [0.2, 0.25) is 0 Å². The molecule has 0 aliphatic heterocycles. The fourth-order valence-corrected chi connectivity index (χ4v) is 1.69. The van der Waals surface area contributed by atoms with Crippen molar-refractivity contribution in [1.29, 1.82) is 5.26 Å². The van der Waals surface area contributed by atoms with Crippen LogP contribution in [-0.2, 0) is 6.54 Å². The van der Waals surface area contributed by atoms with E-state index in [1.165, 1.54) is 0 Å². The van der Waals surface area contributed by atoms with E-state index in [1.807, 2.05) is 6.07 Å². The summed E-state index contributed by atoms with van der Waals surface area (Å²) in [6, 6.07) is 12.1. The molecule has 0 fully saturated rings. The van der Waals surface area contributed by atoms with Gasteiger partial charge in [-0.25, -0.2) is 8.78 Å². The van der Waals surface area contributed by atoms with Crippen LogP contribution in [0.5, 0.6) is 5.75 Å². The highest BCUT2D eigenvalue weighted by Crippen LogP contribution is 2.19. The zero-order valence-electron chi connectivity index (χ0n) is 10.6. The summed E-state index contributed by atoms with van der Waals surface area (Å²) in [4.78, 5) is 0. The van der Waals surface area contributed by atoms with Crippen LogP contribution in [0.4, 0.5) is 14.5 Å². The Morgan fingerprint density at radius 1 is 1.15 bits per heavy atom. The van der Waals surface area contributed by atoms with E-state index in [4.69, 9.17) is 10.00 Å². The second-order valence-corrected chi connectivity index (χ2v) is 4.06. The third kappa shape index (κ3) is 3.69. The van der Waals surface area contributed by atoms with Crippen molar-refractivity contribution in [2.75, 3.05) is 11.9 Å². The number of anilines is 1. The smallest absolute Gasteiger partial charge is 0.174 e. The largest absolute Gasteiger partial charge is 0.479 e. The number of rotatable bonds is 5. The SMILES string of the molecule is N#CCOc1cccc(NCc2cc(F)ccc2F)c1. The minimum atomic E-state index is -0.477. The van der Waals surface area contributed by atoms with Crippen LogP contribution in [-0.4, -0.2) is 6.61 Å². The van der Waals surface area contributed by atoms with Gasteiger partial charge in [0.1, 0.15) is 23.5 Å². The van der Waals surface area contributed by atoms with Crippen LogP contribution >= 0.6 is 0 Å². The quantitative estimate of drug-likeness (QED) is 0.907. The summed E-state index contributed by atoms with van der Waals surface area (Å²) in [6.07, 6.45) is 0. The molecule has 102 valence electrons. The predicted molar refractivity (Wildman–Crippen MR) is 71.2 cm³/mol. The van der Waals surface area contributed by atoms with Crippen molar-refractivity contribution in [3.05, 3.63) is 59.7 Å². The molecule has 20 heavy (non-hydrogen) atoms. The topological polar surface area (TPSA) is 45.0 Å². The lowest BCUT2D eigenvalue weighted by atomic mass is 10.2. The summed E-state index contributed by atoms with van der Waals surface area (Å²) in [7, 11) is 0. The first kappa shape index (κ1) is 13.8. The van der Waals surface area contributed by atoms with Gasteiger partial charge in [-0.05, 0) is 30.3 Å². The summed E-state index contributed by atoms with van der Waals surface area (Å²) in [5.41, 5.74) is 0.942. The molecule has 0 radical (unpaired) electrons. The summed E-state index contributed by atoms with van der Waals surface area (Å²) < 4.78 is 31.6. The third-order valence-corrected chi connectivity index (χ3v) is 2.63. The fraction of sp³-hybridized carbons (Fsp3) is 0.133. The summed E-state index contributed by atoms with van der Waals surface area (Å²) >= 11 is 0. The number of nitriles is 1. The monoisotopic (exact) mass is 274 g/mol. The highest BCUT2D eigenvalue weighted by Gasteiger charge is 2.04. The average Bonchev–Trinajstić information content (AvgIpc) is 2.46. The molecule has 1 N–H and O–H groups in total. The van der Waals surface area contributed by atoms with Gasteiger partial charge in [-0.1, -0.05) is 6.07 Å². The van der Waals surface area contributed by atoms with E-state index in [9.17, 15) is 8.78 Å². The zero-order chi connectivity index (χ0) is 14.4. The van der Waals surface area contributed by atoms with E-state index in [0.717, 1.165) is 18.2 Å². The maximum atomic E-state index is 13.5. The van der Waals surface area contributed by atoms with Crippen LogP contribution in [0.2, 0.25) is 0 Å². The summed E-state index contributed by atoms with van der Waals surface area (Å²) in [6.45, 7) is 0.118. The Morgan fingerprint density at radius 2 is 2.00 bits per heavy atom. The van der Waals surface area contributed by atoms with Gasteiger partial charge in [0.25, 0.3) is 0 Å². The second kappa shape index (κ2) is 6.53. The molecule has 0 aliphatic carbocycles. The number of nitrogens with one attached hydrogen (secondary N) is 1. The molecule has 2 aromatic rings.